The van der Waals surface area contributed by atoms with Crippen LogP contribution >= 0.6 is 0 Å². The van der Waals surface area contributed by atoms with Gasteiger partial charge in [-0.15, -0.1) is 0 Å². The van der Waals surface area contributed by atoms with Gasteiger partial charge in [0.15, 0.2) is 0 Å². The molecule has 0 fully saturated rings. The van der Waals surface area contributed by atoms with Gasteiger partial charge in [0.25, 0.3) is 5.69 Å². The molecule has 1 aromatic rings. The number of nitro groups is 1. The highest BCUT2D eigenvalue weighted by atomic mass is 16.6. The van der Waals surface area contributed by atoms with Crippen molar-refractivity contribution in [3.8, 4) is 0 Å². The average molecular weight is 207 g/mol. The minimum atomic E-state index is -0.908. The second-order valence-corrected chi connectivity index (χ2v) is 3.53. The van der Waals surface area contributed by atoms with E-state index in [2.05, 4.69) is 0 Å². The maximum absolute atomic E-state index is 10.9. The Morgan fingerprint density at radius 3 is 2.87 bits per heavy atom. The first kappa shape index (κ1) is 9.64. The largest absolute Gasteiger partial charge is 0.481 e. The van der Waals surface area contributed by atoms with Crippen molar-refractivity contribution < 1.29 is 14.8 Å². The van der Waals surface area contributed by atoms with Crippen LogP contribution in [0.2, 0.25) is 0 Å². The standard InChI is InChI=1S/C10H9NO4/c12-10(13)8-5-4-7-6(8)2-1-3-9(7)11(14)15/h1-3,8H,4-5H2,(H,12,13). The molecule has 5 nitrogen and oxygen atoms in total. The highest BCUT2D eigenvalue weighted by Gasteiger charge is 2.32. The van der Waals surface area contributed by atoms with Crippen LogP contribution in [-0.2, 0) is 11.2 Å². The average Bonchev–Trinajstić information content (AvgIpc) is 2.59. The van der Waals surface area contributed by atoms with Crippen LogP contribution in [0.1, 0.15) is 23.5 Å². The fourth-order valence-corrected chi connectivity index (χ4v) is 2.06. The summed E-state index contributed by atoms with van der Waals surface area (Å²) >= 11 is 0. The summed E-state index contributed by atoms with van der Waals surface area (Å²) in [6, 6.07) is 4.62. The lowest BCUT2D eigenvalue weighted by Gasteiger charge is -2.04. The molecule has 1 unspecified atom stereocenters. The van der Waals surface area contributed by atoms with E-state index in [1.165, 1.54) is 12.1 Å². The number of fused-ring (bicyclic) bond motifs is 1. The molecule has 0 radical (unpaired) electrons. The lowest BCUT2D eigenvalue weighted by atomic mass is 10.0. The number of carboxylic acid groups (broad SMARTS) is 1. The van der Waals surface area contributed by atoms with Gasteiger partial charge in [-0.2, -0.15) is 0 Å². The molecule has 0 heterocycles. The van der Waals surface area contributed by atoms with Gasteiger partial charge in [0.2, 0.25) is 0 Å². The Morgan fingerprint density at radius 2 is 2.27 bits per heavy atom. The number of benzene rings is 1. The number of aliphatic carboxylic acids is 1. The molecule has 1 N–H and O–H groups in total. The maximum atomic E-state index is 10.9. The number of hydrogen-bond acceptors (Lipinski definition) is 3. The predicted molar refractivity (Wildman–Crippen MR) is 51.8 cm³/mol. The predicted octanol–water partition coefficient (Wildman–Crippen LogP) is 1.71. The molecule has 1 aromatic carbocycles. The molecule has 0 amide bonds. The van der Waals surface area contributed by atoms with Gasteiger partial charge in [-0.25, -0.2) is 0 Å². The van der Waals surface area contributed by atoms with Crippen LogP contribution in [0.3, 0.4) is 0 Å². The lowest BCUT2D eigenvalue weighted by molar-refractivity contribution is -0.385. The van der Waals surface area contributed by atoms with Crippen molar-refractivity contribution in [3.05, 3.63) is 39.4 Å². The van der Waals surface area contributed by atoms with E-state index in [0.717, 1.165) is 0 Å². The molecule has 1 aliphatic rings. The fourth-order valence-electron chi connectivity index (χ4n) is 2.06. The smallest absolute Gasteiger partial charge is 0.310 e. The Labute approximate surface area is 85.5 Å². The SMILES string of the molecule is O=C(O)C1CCc2c1cccc2[N+](=O)[O-]. The van der Waals surface area contributed by atoms with Crippen LogP contribution in [0.25, 0.3) is 0 Å². The van der Waals surface area contributed by atoms with Crippen molar-refractivity contribution >= 4 is 11.7 Å². The summed E-state index contributed by atoms with van der Waals surface area (Å²) in [5, 5.41) is 19.6. The zero-order chi connectivity index (χ0) is 11.0. The summed E-state index contributed by atoms with van der Waals surface area (Å²) in [7, 11) is 0. The number of nitro benzene ring substituents is 1. The van der Waals surface area contributed by atoms with Crippen molar-refractivity contribution in [1.29, 1.82) is 0 Å². The summed E-state index contributed by atoms with van der Waals surface area (Å²) in [5.41, 5.74) is 1.21. The van der Waals surface area contributed by atoms with Gasteiger partial charge < -0.3 is 5.11 Å². The van der Waals surface area contributed by atoms with Gasteiger partial charge in [-0.3, -0.25) is 14.9 Å². The van der Waals surface area contributed by atoms with E-state index in [0.29, 0.717) is 24.0 Å². The minimum absolute atomic E-state index is 0.0382. The number of nitrogens with zero attached hydrogens (tertiary/aromatic N) is 1. The third-order valence-electron chi connectivity index (χ3n) is 2.74. The molecule has 0 spiro atoms. The molecule has 0 bridgehead atoms. The Balaban J connectivity index is 2.52. The molecule has 0 saturated carbocycles. The van der Waals surface area contributed by atoms with Crippen molar-refractivity contribution in [2.24, 2.45) is 0 Å². The molecule has 0 aliphatic heterocycles. The van der Waals surface area contributed by atoms with E-state index in [1.807, 2.05) is 0 Å². The molecule has 1 aliphatic carbocycles. The quantitative estimate of drug-likeness (QED) is 0.591. The molecule has 1 atom stereocenters. The van der Waals surface area contributed by atoms with Crippen LogP contribution < -0.4 is 0 Å². The second-order valence-electron chi connectivity index (χ2n) is 3.53. The van der Waals surface area contributed by atoms with Crippen molar-refractivity contribution in [2.75, 3.05) is 0 Å². The Morgan fingerprint density at radius 1 is 1.53 bits per heavy atom. The number of carboxylic acids is 1. The molecule has 5 heteroatoms. The zero-order valence-electron chi connectivity index (χ0n) is 7.84. The molecule has 0 saturated heterocycles. The highest BCUT2D eigenvalue weighted by Crippen LogP contribution is 2.37. The molecule has 2 rings (SSSR count). The fraction of sp³-hybridized carbons (Fsp3) is 0.300. The maximum Gasteiger partial charge on any atom is 0.310 e. The van der Waals surface area contributed by atoms with Crippen LogP contribution in [0.15, 0.2) is 18.2 Å². The van der Waals surface area contributed by atoms with Gasteiger partial charge >= 0.3 is 5.97 Å². The van der Waals surface area contributed by atoms with E-state index in [9.17, 15) is 14.9 Å². The first-order valence-corrected chi connectivity index (χ1v) is 4.60. The lowest BCUT2D eigenvalue weighted by Crippen LogP contribution is -2.07. The number of hydrogen-bond donors (Lipinski definition) is 1. The van der Waals surface area contributed by atoms with Gasteiger partial charge in [-0.1, -0.05) is 12.1 Å². The third kappa shape index (κ3) is 1.45. The molecule has 78 valence electrons. The topological polar surface area (TPSA) is 80.4 Å². The Bertz CT molecular complexity index is 441. The Kier molecular flexibility index (Phi) is 2.15. The van der Waals surface area contributed by atoms with Gasteiger partial charge in [0, 0.05) is 11.6 Å². The number of carbonyl (C=O) groups is 1. The van der Waals surface area contributed by atoms with Gasteiger partial charge in [0.05, 0.1) is 10.8 Å². The summed E-state index contributed by atoms with van der Waals surface area (Å²) in [6.45, 7) is 0. The van der Waals surface area contributed by atoms with E-state index in [-0.39, 0.29) is 5.69 Å². The van der Waals surface area contributed by atoms with Crippen molar-refractivity contribution in [1.82, 2.24) is 0 Å². The summed E-state index contributed by atoms with van der Waals surface area (Å²) in [5.74, 6) is -1.49. The van der Waals surface area contributed by atoms with Crippen LogP contribution in [0.5, 0.6) is 0 Å². The minimum Gasteiger partial charge on any atom is -0.481 e. The monoisotopic (exact) mass is 207 g/mol. The van der Waals surface area contributed by atoms with Crippen LogP contribution in [0.4, 0.5) is 5.69 Å². The molecular weight excluding hydrogens is 198 g/mol. The first-order chi connectivity index (χ1) is 7.11. The van der Waals surface area contributed by atoms with Crippen molar-refractivity contribution in [2.45, 2.75) is 18.8 Å². The van der Waals surface area contributed by atoms with E-state index in [4.69, 9.17) is 5.11 Å². The van der Waals surface area contributed by atoms with E-state index in [1.54, 1.807) is 6.07 Å². The normalized spacial score (nSPS) is 18.5. The van der Waals surface area contributed by atoms with Crippen LogP contribution in [-0.4, -0.2) is 16.0 Å². The summed E-state index contributed by atoms with van der Waals surface area (Å²) in [4.78, 5) is 21.1. The molecule has 0 aromatic heterocycles. The molecular formula is C10H9NO4. The van der Waals surface area contributed by atoms with Gasteiger partial charge in [0.1, 0.15) is 0 Å². The number of rotatable bonds is 2. The molecule has 15 heavy (non-hydrogen) atoms. The Hall–Kier alpha value is -1.91. The first-order valence-electron chi connectivity index (χ1n) is 4.60. The van der Waals surface area contributed by atoms with E-state index >= 15 is 0 Å². The zero-order valence-corrected chi connectivity index (χ0v) is 7.84. The summed E-state index contributed by atoms with van der Waals surface area (Å²) in [6.07, 6.45) is 0.930. The van der Waals surface area contributed by atoms with E-state index < -0.39 is 16.8 Å². The van der Waals surface area contributed by atoms with Gasteiger partial charge in [-0.05, 0) is 18.4 Å². The second kappa shape index (κ2) is 3.34. The highest BCUT2D eigenvalue weighted by molar-refractivity contribution is 5.78. The van der Waals surface area contributed by atoms with Crippen LogP contribution in [0, 0.1) is 10.1 Å². The van der Waals surface area contributed by atoms with Crippen molar-refractivity contribution in [3.63, 3.8) is 0 Å². The summed E-state index contributed by atoms with van der Waals surface area (Å²) < 4.78 is 0. The third-order valence-corrected chi connectivity index (χ3v) is 2.74.